The molecule has 2 aromatic heterocycles. The van der Waals surface area contributed by atoms with Gasteiger partial charge in [0.05, 0.1) is 5.69 Å². The molecule has 0 saturated heterocycles. The Kier molecular flexibility index (Phi) is 6.59. The number of aromatic nitrogens is 2. The fourth-order valence-electron chi connectivity index (χ4n) is 2.37. The Hall–Kier alpha value is -3.65. The van der Waals surface area contributed by atoms with E-state index in [1.54, 1.807) is 42.6 Å². The number of rotatable bonds is 6. The molecule has 0 atom stereocenters. The van der Waals surface area contributed by atoms with E-state index in [1.807, 2.05) is 12.1 Å². The second-order valence-corrected chi connectivity index (χ2v) is 6.21. The number of pyridine rings is 2. The maximum atomic E-state index is 12.0. The van der Waals surface area contributed by atoms with Gasteiger partial charge < -0.3 is 20.7 Å². The lowest BCUT2D eigenvalue weighted by atomic mass is 10.2. The summed E-state index contributed by atoms with van der Waals surface area (Å²) < 4.78 is 5.75. The SMILES string of the molecule is CNC(=O)c1cc(Oc2ccc(CNC(=O)Nc3cccnc3Cl)cc2)ccn1. The molecule has 0 fully saturated rings. The minimum atomic E-state index is -0.390. The van der Waals surface area contributed by atoms with Gasteiger partial charge in [0, 0.05) is 32.1 Å². The summed E-state index contributed by atoms with van der Waals surface area (Å²) in [5.41, 5.74) is 1.58. The van der Waals surface area contributed by atoms with E-state index in [1.165, 1.54) is 13.2 Å². The molecule has 9 heteroatoms. The van der Waals surface area contributed by atoms with Crippen molar-refractivity contribution in [3.05, 3.63) is 77.3 Å². The van der Waals surface area contributed by atoms with Gasteiger partial charge in [-0.2, -0.15) is 0 Å². The molecule has 0 bridgehead atoms. The molecule has 148 valence electrons. The van der Waals surface area contributed by atoms with Gasteiger partial charge in [0.15, 0.2) is 5.15 Å². The summed E-state index contributed by atoms with van der Waals surface area (Å²) in [6, 6.07) is 13.4. The largest absolute Gasteiger partial charge is 0.457 e. The molecule has 8 nitrogen and oxygen atoms in total. The summed E-state index contributed by atoms with van der Waals surface area (Å²) in [6.07, 6.45) is 3.05. The van der Waals surface area contributed by atoms with Crippen LogP contribution in [0.15, 0.2) is 60.9 Å². The molecule has 3 aromatic rings. The number of hydrogen-bond donors (Lipinski definition) is 3. The molecule has 0 unspecified atom stereocenters. The average molecular weight is 412 g/mol. The van der Waals surface area contributed by atoms with E-state index in [4.69, 9.17) is 16.3 Å². The van der Waals surface area contributed by atoms with Crippen LogP contribution in [0.25, 0.3) is 0 Å². The molecule has 29 heavy (non-hydrogen) atoms. The van der Waals surface area contributed by atoms with E-state index >= 15 is 0 Å². The number of ether oxygens (including phenoxy) is 1. The van der Waals surface area contributed by atoms with Crippen LogP contribution in [0.4, 0.5) is 10.5 Å². The molecule has 0 spiro atoms. The maximum absolute atomic E-state index is 12.0. The van der Waals surface area contributed by atoms with Gasteiger partial charge in [0.2, 0.25) is 0 Å². The number of carbonyl (C=O) groups is 2. The van der Waals surface area contributed by atoms with E-state index in [9.17, 15) is 9.59 Å². The van der Waals surface area contributed by atoms with E-state index in [-0.39, 0.29) is 16.8 Å². The van der Waals surface area contributed by atoms with E-state index in [0.29, 0.717) is 23.7 Å². The van der Waals surface area contributed by atoms with Crippen molar-refractivity contribution in [2.75, 3.05) is 12.4 Å². The number of benzene rings is 1. The molecule has 3 N–H and O–H groups in total. The zero-order valence-electron chi connectivity index (χ0n) is 15.5. The Labute approximate surface area is 172 Å². The molecule has 1 aromatic carbocycles. The molecule has 3 amide bonds. The molecule has 0 aliphatic carbocycles. The lowest BCUT2D eigenvalue weighted by molar-refractivity contribution is 0.0958. The Bertz CT molecular complexity index is 1010. The second kappa shape index (κ2) is 9.52. The van der Waals surface area contributed by atoms with Crippen molar-refractivity contribution in [3.63, 3.8) is 0 Å². The zero-order chi connectivity index (χ0) is 20.6. The summed E-state index contributed by atoms with van der Waals surface area (Å²) in [4.78, 5) is 31.5. The topological polar surface area (TPSA) is 105 Å². The molecule has 0 saturated carbocycles. The Morgan fingerprint density at radius 1 is 1.03 bits per heavy atom. The van der Waals surface area contributed by atoms with Crippen molar-refractivity contribution >= 4 is 29.2 Å². The van der Waals surface area contributed by atoms with Crippen LogP contribution in [0.2, 0.25) is 5.15 Å². The minimum absolute atomic E-state index is 0.222. The van der Waals surface area contributed by atoms with Crippen molar-refractivity contribution in [3.8, 4) is 11.5 Å². The maximum Gasteiger partial charge on any atom is 0.319 e. The Morgan fingerprint density at radius 3 is 2.55 bits per heavy atom. The highest BCUT2D eigenvalue weighted by atomic mass is 35.5. The smallest absolute Gasteiger partial charge is 0.319 e. The summed E-state index contributed by atoms with van der Waals surface area (Å²) in [5, 5.41) is 8.11. The molecule has 2 heterocycles. The van der Waals surface area contributed by atoms with Crippen molar-refractivity contribution < 1.29 is 14.3 Å². The summed E-state index contributed by atoms with van der Waals surface area (Å²) in [5.74, 6) is 0.800. The van der Waals surface area contributed by atoms with Crippen LogP contribution in [-0.2, 0) is 6.54 Å². The van der Waals surface area contributed by atoms with Gasteiger partial charge in [-0.05, 0) is 35.9 Å². The van der Waals surface area contributed by atoms with Gasteiger partial charge in [0.25, 0.3) is 5.91 Å². The first-order valence-electron chi connectivity index (χ1n) is 8.65. The first kappa shape index (κ1) is 20.1. The molecule has 3 rings (SSSR count). The van der Waals surface area contributed by atoms with E-state index in [0.717, 1.165) is 5.56 Å². The molecular weight excluding hydrogens is 394 g/mol. The predicted octanol–water partition coefficient (Wildman–Crippen LogP) is 3.60. The molecular formula is C20H18ClN5O3. The summed E-state index contributed by atoms with van der Waals surface area (Å²) >= 11 is 5.91. The average Bonchev–Trinajstić information content (AvgIpc) is 2.74. The van der Waals surface area contributed by atoms with Gasteiger partial charge in [-0.1, -0.05) is 23.7 Å². The highest BCUT2D eigenvalue weighted by molar-refractivity contribution is 6.32. The highest BCUT2D eigenvalue weighted by Crippen LogP contribution is 2.22. The third-order valence-corrected chi connectivity index (χ3v) is 4.11. The molecule has 0 radical (unpaired) electrons. The fraction of sp³-hybridized carbons (Fsp3) is 0.100. The first-order chi connectivity index (χ1) is 14.0. The van der Waals surface area contributed by atoms with Crippen LogP contribution >= 0.6 is 11.6 Å². The summed E-state index contributed by atoms with van der Waals surface area (Å²) in [6.45, 7) is 0.320. The number of halogens is 1. The second-order valence-electron chi connectivity index (χ2n) is 5.85. The number of hydrogen-bond acceptors (Lipinski definition) is 5. The third-order valence-electron chi connectivity index (χ3n) is 3.81. The Morgan fingerprint density at radius 2 is 1.83 bits per heavy atom. The number of urea groups is 1. The number of amides is 3. The Balaban J connectivity index is 1.54. The molecule has 0 aliphatic rings. The summed E-state index contributed by atoms with van der Waals surface area (Å²) in [7, 11) is 1.54. The zero-order valence-corrected chi connectivity index (χ0v) is 16.2. The van der Waals surface area contributed by atoms with Crippen LogP contribution in [-0.4, -0.2) is 29.0 Å². The van der Waals surface area contributed by atoms with Crippen molar-refractivity contribution in [2.24, 2.45) is 0 Å². The predicted molar refractivity (Wildman–Crippen MR) is 109 cm³/mol. The van der Waals surface area contributed by atoms with Gasteiger partial charge in [-0.15, -0.1) is 0 Å². The van der Waals surface area contributed by atoms with E-state index in [2.05, 4.69) is 25.9 Å². The van der Waals surface area contributed by atoms with Crippen LogP contribution in [0.1, 0.15) is 16.1 Å². The van der Waals surface area contributed by atoms with Crippen LogP contribution in [0.5, 0.6) is 11.5 Å². The van der Waals surface area contributed by atoms with Gasteiger partial charge in [-0.3, -0.25) is 9.78 Å². The van der Waals surface area contributed by atoms with Crippen molar-refractivity contribution in [1.82, 2.24) is 20.6 Å². The highest BCUT2D eigenvalue weighted by Gasteiger charge is 2.08. The number of carbonyl (C=O) groups excluding carboxylic acids is 2. The van der Waals surface area contributed by atoms with Gasteiger partial charge in [-0.25, -0.2) is 9.78 Å². The number of nitrogens with one attached hydrogen (secondary N) is 3. The third kappa shape index (κ3) is 5.66. The van der Waals surface area contributed by atoms with Crippen LogP contribution < -0.4 is 20.7 Å². The van der Waals surface area contributed by atoms with Crippen molar-refractivity contribution in [2.45, 2.75) is 6.54 Å². The number of anilines is 1. The lowest BCUT2D eigenvalue weighted by Crippen LogP contribution is -2.28. The quantitative estimate of drug-likeness (QED) is 0.537. The number of nitrogens with zero attached hydrogens (tertiary/aromatic N) is 2. The normalized spacial score (nSPS) is 10.1. The lowest BCUT2D eigenvalue weighted by Gasteiger charge is -2.10. The minimum Gasteiger partial charge on any atom is -0.457 e. The first-order valence-corrected chi connectivity index (χ1v) is 9.03. The van der Waals surface area contributed by atoms with Gasteiger partial charge in [0.1, 0.15) is 17.2 Å². The van der Waals surface area contributed by atoms with Gasteiger partial charge >= 0.3 is 6.03 Å². The van der Waals surface area contributed by atoms with Crippen molar-refractivity contribution in [1.29, 1.82) is 0 Å². The fourth-order valence-corrected chi connectivity index (χ4v) is 2.53. The van der Waals surface area contributed by atoms with Crippen LogP contribution in [0.3, 0.4) is 0 Å². The van der Waals surface area contributed by atoms with Crippen LogP contribution in [0, 0.1) is 0 Å². The molecule has 0 aliphatic heterocycles. The standard InChI is InChI=1S/C20H18ClN5O3/c1-22-19(27)17-11-15(8-10-23-17)29-14-6-4-13(5-7-14)12-25-20(28)26-16-3-2-9-24-18(16)21/h2-11H,12H2,1H3,(H,22,27)(H2,25,26,28). The van der Waals surface area contributed by atoms with E-state index < -0.39 is 6.03 Å². The monoisotopic (exact) mass is 411 g/mol.